The van der Waals surface area contributed by atoms with Gasteiger partial charge in [-0.1, -0.05) is 6.08 Å². The molecular weight excluding hydrogens is 290 g/mol. The highest BCUT2D eigenvalue weighted by molar-refractivity contribution is 5.88. The van der Waals surface area contributed by atoms with Gasteiger partial charge < -0.3 is 4.42 Å². The molecule has 114 valence electrons. The molecule has 9 nitrogen and oxygen atoms in total. The van der Waals surface area contributed by atoms with Gasteiger partial charge in [0.1, 0.15) is 10.6 Å². The number of hydrogen-bond acceptors (Lipinski definition) is 6. The molecule has 0 aromatic carbocycles. The molecule has 0 aliphatic carbocycles. The number of nitrogens with one attached hydrogen (secondary N) is 1. The van der Waals surface area contributed by atoms with Crippen molar-refractivity contribution in [1.29, 1.82) is 0 Å². The van der Waals surface area contributed by atoms with Crippen LogP contribution in [0.15, 0.2) is 40.5 Å². The molecule has 2 heterocycles. The molecule has 0 saturated heterocycles. The number of nitrogens with zero attached hydrogens (tertiary/aromatic N) is 4. The van der Waals surface area contributed by atoms with E-state index in [0.29, 0.717) is 17.8 Å². The minimum atomic E-state index is -0.630. The van der Waals surface area contributed by atoms with Crippen LogP contribution in [0.5, 0.6) is 0 Å². The van der Waals surface area contributed by atoms with Gasteiger partial charge in [0, 0.05) is 18.7 Å². The summed E-state index contributed by atoms with van der Waals surface area (Å²) in [4.78, 5) is 20.9. The summed E-state index contributed by atoms with van der Waals surface area (Å²) in [5, 5.41) is 18.7. The quantitative estimate of drug-likeness (QED) is 0.377. The summed E-state index contributed by atoms with van der Waals surface area (Å²) in [6, 6.07) is 2.70. The first-order valence-electron chi connectivity index (χ1n) is 6.24. The molecule has 0 aliphatic rings. The maximum Gasteiger partial charge on any atom is 0.433 e. The zero-order valence-electron chi connectivity index (χ0n) is 11.7. The van der Waals surface area contributed by atoms with Gasteiger partial charge in [0.15, 0.2) is 5.76 Å². The summed E-state index contributed by atoms with van der Waals surface area (Å²) in [7, 11) is 0. The van der Waals surface area contributed by atoms with Gasteiger partial charge in [-0.3, -0.25) is 19.6 Å². The molecular formula is C13H13N5O4. The predicted molar refractivity (Wildman–Crippen MR) is 78.2 cm³/mol. The fraction of sp³-hybridized carbons (Fsp3) is 0.154. The topological polar surface area (TPSA) is 116 Å². The number of carbonyl (C=O) groups is 1. The van der Waals surface area contributed by atoms with Crippen molar-refractivity contribution >= 4 is 18.0 Å². The van der Waals surface area contributed by atoms with Crippen molar-refractivity contribution in [3.8, 4) is 11.5 Å². The van der Waals surface area contributed by atoms with Crippen LogP contribution in [-0.4, -0.2) is 26.8 Å². The zero-order chi connectivity index (χ0) is 16.1. The maximum absolute atomic E-state index is 10.8. The number of nitro groups is 1. The van der Waals surface area contributed by atoms with Crippen LogP contribution in [0.25, 0.3) is 11.5 Å². The number of amides is 1. The van der Waals surface area contributed by atoms with E-state index in [1.165, 1.54) is 25.3 Å². The van der Waals surface area contributed by atoms with Crippen molar-refractivity contribution in [2.75, 3.05) is 0 Å². The Labute approximate surface area is 125 Å². The van der Waals surface area contributed by atoms with E-state index in [4.69, 9.17) is 4.42 Å². The number of aromatic nitrogens is 2. The minimum Gasteiger partial charge on any atom is -0.399 e. The molecule has 0 unspecified atom stereocenters. The second-order valence-electron chi connectivity index (χ2n) is 4.26. The third-order valence-corrected chi connectivity index (χ3v) is 2.54. The smallest absolute Gasteiger partial charge is 0.399 e. The van der Waals surface area contributed by atoms with E-state index in [9.17, 15) is 14.9 Å². The first kappa shape index (κ1) is 15.2. The Kier molecular flexibility index (Phi) is 4.47. The Hall–Kier alpha value is -3.23. The van der Waals surface area contributed by atoms with Gasteiger partial charge >= 0.3 is 5.88 Å². The molecule has 1 amide bonds. The molecule has 0 saturated carbocycles. The number of rotatable bonds is 6. The van der Waals surface area contributed by atoms with E-state index >= 15 is 0 Å². The third-order valence-electron chi connectivity index (χ3n) is 2.54. The fourth-order valence-corrected chi connectivity index (χ4v) is 1.69. The molecule has 2 aromatic rings. The van der Waals surface area contributed by atoms with E-state index < -0.39 is 4.92 Å². The molecule has 0 bridgehead atoms. The Balaban J connectivity index is 2.38. The van der Waals surface area contributed by atoms with Crippen LogP contribution in [0.4, 0.5) is 5.88 Å². The molecule has 0 fully saturated rings. The lowest BCUT2D eigenvalue weighted by Gasteiger charge is -1.93. The lowest BCUT2D eigenvalue weighted by atomic mass is 10.2. The highest BCUT2D eigenvalue weighted by Gasteiger charge is 2.18. The highest BCUT2D eigenvalue weighted by atomic mass is 16.6. The monoisotopic (exact) mass is 303 g/mol. The average molecular weight is 303 g/mol. The molecule has 22 heavy (non-hydrogen) atoms. The van der Waals surface area contributed by atoms with Crippen LogP contribution in [0.1, 0.15) is 12.5 Å². The molecule has 0 spiro atoms. The number of allylic oxidation sites excluding steroid dienone is 1. The summed E-state index contributed by atoms with van der Waals surface area (Å²) < 4.78 is 6.72. The second-order valence-corrected chi connectivity index (χ2v) is 4.26. The zero-order valence-corrected chi connectivity index (χ0v) is 11.7. The van der Waals surface area contributed by atoms with Crippen LogP contribution < -0.4 is 5.43 Å². The normalized spacial score (nSPS) is 10.8. The average Bonchev–Trinajstić information content (AvgIpc) is 3.05. The fourth-order valence-electron chi connectivity index (χ4n) is 1.69. The third kappa shape index (κ3) is 3.45. The van der Waals surface area contributed by atoms with Crippen LogP contribution >= 0.6 is 0 Å². The first-order chi connectivity index (χ1) is 10.5. The van der Waals surface area contributed by atoms with Crippen molar-refractivity contribution in [3.63, 3.8) is 0 Å². The van der Waals surface area contributed by atoms with Crippen molar-refractivity contribution in [2.45, 2.75) is 13.5 Å². The Morgan fingerprint density at radius 3 is 3.00 bits per heavy atom. The minimum absolute atomic E-state index is 0.235. The summed E-state index contributed by atoms with van der Waals surface area (Å²) >= 11 is 0. The van der Waals surface area contributed by atoms with Gasteiger partial charge in [0.2, 0.25) is 5.91 Å². The Morgan fingerprint density at radius 2 is 2.41 bits per heavy atom. The lowest BCUT2D eigenvalue weighted by Crippen LogP contribution is -2.12. The largest absolute Gasteiger partial charge is 0.433 e. The van der Waals surface area contributed by atoms with Crippen molar-refractivity contribution in [2.24, 2.45) is 5.10 Å². The van der Waals surface area contributed by atoms with Crippen LogP contribution in [-0.2, 0) is 11.3 Å². The van der Waals surface area contributed by atoms with Gasteiger partial charge in [-0.05, 0) is 6.07 Å². The standard InChI is InChI=1S/C13H13N5O4/c1-3-6-17-8-10(7-14-15-9(2)19)13(16-17)11-4-5-12(22-11)18(20)21/h3-5,7-8H,1,6H2,2H3,(H,15,19). The predicted octanol–water partition coefficient (Wildman–Crippen LogP) is 1.71. The molecule has 0 atom stereocenters. The van der Waals surface area contributed by atoms with Crippen molar-refractivity contribution < 1.29 is 14.1 Å². The molecule has 0 aliphatic heterocycles. The van der Waals surface area contributed by atoms with Crippen LogP contribution in [0.3, 0.4) is 0 Å². The van der Waals surface area contributed by atoms with Gasteiger partial charge in [-0.2, -0.15) is 10.2 Å². The van der Waals surface area contributed by atoms with Gasteiger partial charge in [0.05, 0.1) is 18.8 Å². The van der Waals surface area contributed by atoms with Gasteiger partial charge in [-0.15, -0.1) is 6.58 Å². The Morgan fingerprint density at radius 1 is 1.64 bits per heavy atom. The Bertz CT molecular complexity index is 743. The van der Waals surface area contributed by atoms with Crippen molar-refractivity contribution in [1.82, 2.24) is 15.2 Å². The number of furan rings is 1. The molecule has 2 rings (SSSR count). The molecule has 2 aromatic heterocycles. The van der Waals surface area contributed by atoms with E-state index in [0.717, 1.165) is 0 Å². The van der Waals surface area contributed by atoms with Crippen LogP contribution in [0.2, 0.25) is 0 Å². The van der Waals surface area contributed by atoms with Crippen LogP contribution in [0, 0.1) is 10.1 Å². The van der Waals surface area contributed by atoms with E-state index in [1.807, 2.05) is 0 Å². The SMILES string of the molecule is C=CCn1cc(C=NNC(C)=O)c(-c2ccc([N+](=O)[O-])o2)n1. The molecule has 0 radical (unpaired) electrons. The highest BCUT2D eigenvalue weighted by Crippen LogP contribution is 2.26. The van der Waals surface area contributed by atoms with Gasteiger partial charge in [-0.25, -0.2) is 5.43 Å². The molecule has 9 heteroatoms. The first-order valence-corrected chi connectivity index (χ1v) is 6.24. The summed E-state index contributed by atoms with van der Waals surface area (Å²) in [5.74, 6) is -0.457. The molecule has 1 N–H and O–H groups in total. The summed E-state index contributed by atoms with van der Waals surface area (Å²) in [5.41, 5.74) is 3.19. The lowest BCUT2D eigenvalue weighted by molar-refractivity contribution is -0.401. The second kappa shape index (κ2) is 6.48. The summed E-state index contributed by atoms with van der Waals surface area (Å²) in [6.07, 6.45) is 4.70. The van der Waals surface area contributed by atoms with E-state index in [2.05, 4.69) is 22.2 Å². The number of hydrazone groups is 1. The van der Waals surface area contributed by atoms with E-state index in [1.54, 1.807) is 17.0 Å². The van der Waals surface area contributed by atoms with E-state index in [-0.39, 0.29) is 17.6 Å². The van der Waals surface area contributed by atoms with Crippen molar-refractivity contribution in [3.05, 3.63) is 46.7 Å². The summed E-state index contributed by atoms with van der Waals surface area (Å²) in [6.45, 7) is 5.39. The number of hydrogen-bond donors (Lipinski definition) is 1. The van der Waals surface area contributed by atoms with Gasteiger partial charge in [0.25, 0.3) is 0 Å². The number of carbonyl (C=O) groups excluding carboxylic acids is 1. The maximum atomic E-state index is 10.8.